The average molecular weight is 397 g/mol. The van der Waals surface area contributed by atoms with Gasteiger partial charge in [0.25, 0.3) is 0 Å². The minimum atomic E-state index is -0.435. The van der Waals surface area contributed by atoms with Gasteiger partial charge in [-0.1, -0.05) is 5.16 Å². The molecule has 2 fully saturated rings. The third-order valence-electron chi connectivity index (χ3n) is 5.33. The molecule has 0 atom stereocenters. The highest BCUT2D eigenvalue weighted by Gasteiger charge is 2.51. The van der Waals surface area contributed by atoms with E-state index in [2.05, 4.69) is 25.3 Å². The van der Waals surface area contributed by atoms with E-state index in [1.54, 1.807) is 30.5 Å². The van der Waals surface area contributed by atoms with E-state index >= 15 is 0 Å². The number of anilines is 3. The van der Waals surface area contributed by atoms with Crippen molar-refractivity contribution in [3.63, 3.8) is 0 Å². The molecule has 1 saturated heterocycles. The molecule has 3 aromatic rings. The molecule has 1 N–H and O–H groups in total. The van der Waals surface area contributed by atoms with Crippen molar-refractivity contribution in [2.45, 2.75) is 18.4 Å². The van der Waals surface area contributed by atoms with Gasteiger partial charge < -0.3 is 24.2 Å². The normalized spacial score (nSPS) is 17.4. The number of benzene rings is 1. The second-order valence-electron chi connectivity index (χ2n) is 7.22. The Bertz CT molecular complexity index is 1040. The molecule has 1 spiro atoms. The number of hydrogen-bond acceptors (Lipinski definition) is 8. The summed E-state index contributed by atoms with van der Waals surface area (Å²) in [7, 11) is 1.49. The van der Waals surface area contributed by atoms with Crippen LogP contribution in [0.1, 0.15) is 12.8 Å². The monoisotopic (exact) mass is 397 g/mol. The van der Waals surface area contributed by atoms with Crippen LogP contribution in [0.3, 0.4) is 0 Å². The zero-order chi connectivity index (χ0) is 19.8. The molecule has 0 amide bonds. The zero-order valence-electron chi connectivity index (χ0n) is 15.9. The van der Waals surface area contributed by atoms with E-state index in [4.69, 9.17) is 14.0 Å². The van der Waals surface area contributed by atoms with Crippen LogP contribution in [0.25, 0.3) is 11.3 Å². The number of morpholine rings is 1. The largest absolute Gasteiger partial charge is 0.497 e. The Morgan fingerprint density at radius 3 is 2.93 bits per heavy atom. The lowest BCUT2D eigenvalue weighted by Gasteiger charge is -2.36. The number of ether oxygens (including phenoxy) is 2. The molecule has 0 bridgehead atoms. The summed E-state index contributed by atoms with van der Waals surface area (Å²) in [6.07, 6.45) is 3.89. The van der Waals surface area contributed by atoms with Gasteiger partial charge in [-0.2, -0.15) is 4.98 Å². The van der Waals surface area contributed by atoms with E-state index in [1.807, 2.05) is 0 Å². The number of hydrogen-bond donors (Lipinski definition) is 1. The van der Waals surface area contributed by atoms with Crippen LogP contribution in [0, 0.1) is 5.82 Å². The van der Waals surface area contributed by atoms with Crippen molar-refractivity contribution in [1.29, 1.82) is 0 Å². The van der Waals surface area contributed by atoms with Gasteiger partial charge in [-0.05, 0) is 31.0 Å². The number of halogens is 1. The summed E-state index contributed by atoms with van der Waals surface area (Å²) in [5.74, 6) is 1.61. The second kappa shape index (κ2) is 7.00. The van der Waals surface area contributed by atoms with E-state index in [9.17, 15) is 4.39 Å². The molecule has 2 aromatic heterocycles. The van der Waals surface area contributed by atoms with Gasteiger partial charge in [0, 0.05) is 30.4 Å². The highest BCUT2D eigenvalue weighted by molar-refractivity contribution is 5.65. The number of aromatic nitrogens is 3. The number of rotatable bonds is 5. The molecule has 2 aliphatic rings. The Kier molecular flexibility index (Phi) is 4.31. The molecule has 0 unspecified atom stereocenters. The van der Waals surface area contributed by atoms with Crippen LogP contribution in [-0.4, -0.2) is 47.5 Å². The molecule has 5 rings (SSSR count). The van der Waals surface area contributed by atoms with Gasteiger partial charge in [0.15, 0.2) is 0 Å². The molecule has 8 nitrogen and oxygen atoms in total. The average Bonchev–Trinajstić information content (AvgIpc) is 3.35. The molecule has 29 heavy (non-hydrogen) atoms. The Labute approximate surface area is 166 Å². The lowest BCUT2D eigenvalue weighted by atomic mass is 10.1. The smallest absolute Gasteiger partial charge is 0.230 e. The minimum absolute atomic E-state index is 0.0438. The Balaban J connectivity index is 1.35. The lowest BCUT2D eigenvalue weighted by molar-refractivity contribution is 0.0855. The molecule has 3 heterocycles. The van der Waals surface area contributed by atoms with Crippen LogP contribution in [0.15, 0.2) is 41.1 Å². The predicted octanol–water partition coefficient (Wildman–Crippen LogP) is 3.39. The van der Waals surface area contributed by atoms with Crippen LogP contribution >= 0.6 is 0 Å². The minimum Gasteiger partial charge on any atom is -0.497 e. The van der Waals surface area contributed by atoms with Crippen LogP contribution in [0.5, 0.6) is 5.75 Å². The first kappa shape index (κ1) is 17.9. The summed E-state index contributed by atoms with van der Waals surface area (Å²) in [6.45, 7) is 2.15. The predicted molar refractivity (Wildman–Crippen MR) is 104 cm³/mol. The summed E-state index contributed by atoms with van der Waals surface area (Å²) in [6, 6.07) is 7.96. The van der Waals surface area contributed by atoms with Crippen molar-refractivity contribution in [3.8, 4) is 17.0 Å². The van der Waals surface area contributed by atoms with Gasteiger partial charge in [-0.3, -0.25) is 0 Å². The van der Waals surface area contributed by atoms with E-state index < -0.39 is 5.82 Å². The first-order valence-corrected chi connectivity index (χ1v) is 9.43. The maximum absolute atomic E-state index is 14.3. The fourth-order valence-corrected chi connectivity index (χ4v) is 3.57. The summed E-state index contributed by atoms with van der Waals surface area (Å²) >= 11 is 0. The van der Waals surface area contributed by atoms with E-state index in [-0.39, 0.29) is 5.54 Å². The van der Waals surface area contributed by atoms with Gasteiger partial charge in [0.05, 0.1) is 25.9 Å². The van der Waals surface area contributed by atoms with Gasteiger partial charge in [0.2, 0.25) is 11.8 Å². The van der Waals surface area contributed by atoms with Gasteiger partial charge in [-0.15, -0.1) is 0 Å². The molecule has 150 valence electrons. The van der Waals surface area contributed by atoms with Crippen LogP contribution in [0.4, 0.5) is 22.0 Å². The molecular formula is C20H20FN5O3. The van der Waals surface area contributed by atoms with Crippen LogP contribution < -0.4 is 15.0 Å². The summed E-state index contributed by atoms with van der Waals surface area (Å²) in [5, 5.41) is 7.03. The van der Waals surface area contributed by atoms with Crippen molar-refractivity contribution in [2.75, 3.05) is 37.1 Å². The topological polar surface area (TPSA) is 85.5 Å². The van der Waals surface area contributed by atoms with E-state index in [1.165, 1.54) is 13.2 Å². The fraction of sp³-hybridized carbons (Fsp3) is 0.350. The molecule has 1 aromatic carbocycles. The highest BCUT2D eigenvalue weighted by Crippen LogP contribution is 2.45. The molecular weight excluding hydrogens is 377 g/mol. The van der Waals surface area contributed by atoms with Crippen LogP contribution in [0.2, 0.25) is 0 Å². The van der Waals surface area contributed by atoms with Crippen molar-refractivity contribution in [2.24, 2.45) is 0 Å². The van der Waals surface area contributed by atoms with Crippen molar-refractivity contribution in [3.05, 3.63) is 42.3 Å². The number of nitrogens with zero attached hydrogens (tertiary/aromatic N) is 4. The van der Waals surface area contributed by atoms with Crippen molar-refractivity contribution < 1.29 is 18.4 Å². The third kappa shape index (κ3) is 3.38. The molecule has 1 aliphatic heterocycles. The highest BCUT2D eigenvalue weighted by atomic mass is 19.1. The first-order chi connectivity index (χ1) is 14.2. The zero-order valence-corrected chi connectivity index (χ0v) is 15.9. The standard InChI is InChI=1S/C20H20FN5O3/c1-27-13-2-3-14(15(21)10-13)16-11-18(29-25-16)23-17-4-7-22-19(24-17)26-8-9-28-12-20(26)5-6-20/h2-4,7,10-11H,5-6,8-9,12H2,1H3,(H,22,23,24). The third-order valence-corrected chi connectivity index (χ3v) is 5.33. The quantitative estimate of drug-likeness (QED) is 0.701. The van der Waals surface area contributed by atoms with Gasteiger partial charge in [-0.25, -0.2) is 9.37 Å². The van der Waals surface area contributed by atoms with Crippen molar-refractivity contribution in [1.82, 2.24) is 15.1 Å². The maximum atomic E-state index is 14.3. The number of methoxy groups -OCH3 is 1. The van der Waals surface area contributed by atoms with E-state index in [0.29, 0.717) is 47.9 Å². The van der Waals surface area contributed by atoms with E-state index in [0.717, 1.165) is 19.4 Å². The van der Waals surface area contributed by atoms with Crippen LogP contribution in [-0.2, 0) is 4.74 Å². The maximum Gasteiger partial charge on any atom is 0.230 e. The SMILES string of the molecule is COc1ccc(-c2cc(Nc3ccnc(N4CCOCC45CC5)n3)on2)c(F)c1. The molecule has 1 saturated carbocycles. The Hall–Kier alpha value is -3.20. The second-order valence-corrected chi connectivity index (χ2v) is 7.22. The fourth-order valence-electron chi connectivity index (χ4n) is 3.57. The molecule has 9 heteroatoms. The van der Waals surface area contributed by atoms with Gasteiger partial charge >= 0.3 is 0 Å². The summed E-state index contributed by atoms with van der Waals surface area (Å²) in [4.78, 5) is 11.3. The summed E-state index contributed by atoms with van der Waals surface area (Å²) < 4.78 is 30.2. The number of nitrogens with one attached hydrogen (secondary N) is 1. The molecule has 0 radical (unpaired) electrons. The Morgan fingerprint density at radius 1 is 1.24 bits per heavy atom. The lowest BCUT2D eigenvalue weighted by Crippen LogP contribution is -2.48. The Morgan fingerprint density at radius 2 is 2.14 bits per heavy atom. The van der Waals surface area contributed by atoms with Crippen molar-refractivity contribution >= 4 is 17.7 Å². The van der Waals surface area contributed by atoms with Gasteiger partial charge in [0.1, 0.15) is 23.1 Å². The summed E-state index contributed by atoms with van der Waals surface area (Å²) in [5.41, 5.74) is 0.754. The first-order valence-electron chi connectivity index (χ1n) is 9.43. The molecule has 1 aliphatic carbocycles.